The first kappa shape index (κ1) is 11.9. The second-order valence-corrected chi connectivity index (χ2v) is 4.62. The van der Waals surface area contributed by atoms with E-state index >= 15 is 0 Å². The van der Waals surface area contributed by atoms with E-state index in [1.54, 1.807) is 12.1 Å². The van der Waals surface area contributed by atoms with Crippen LogP contribution in [0.3, 0.4) is 0 Å². The minimum atomic E-state index is -0.468. The number of ether oxygens (including phenoxy) is 1. The number of nitrogens with two attached hydrogens (primary N) is 1. The summed E-state index contributed by atoms with van der Waals surface area (Å²) in [4.78, 5) is 0. The predicted molar refractivity (Wildman–Crippen MR) is 69.8 cm³/mol. The van der Waals surface area contributed by atoms with E-state index in [2.05, 4.69) is 15.9 Å². The molecule has 0 radical (unpaired) electrons. The van der Waals surface area contributed by atoms with Crippen LogP contribution >= 0.6 is 15.9 Å². The fraction of sp³-hybridized carbons (Fsp3) is 0.0769. The summed E-state index contributed by atoms with van der Waals surface area (Å²) in [5.74, 6) is 0.313. The normalized spacial score (nSPS) is 10.3. The molecular formula is C13H11BrFNO. The Bertz CT molecular complexity index is 557. The van der Waals surface area contributed by atoms with Crippen molar-refractivity contribution in [3.8, 4) is 11.5 Å². The topological polar surface area (TPSA) is 35.2 Å². The van der Waals surface area contributed by atoms with E-state index in [1.807, 2.05) is 19.1 Å². The Morgan fingerprint density at radius 3 is 2.59 bits per heavy atom. The number of nitrogen functional groups attached to an aromatic ring is 1. The second kappa shape index (κ2) is 4.75. The summed E-state index contributed by atoms with van der Waals surface area (Å²) in [5, 5.41) is 0. The van der Waals surface area contributed by atoms with Gasteiger partial charge in [-0.1, -0.05) is 22.0 Å². The van der Waals surface area contributed by atoms with Gasteiger partial charge < -0.3 is 10.5 Å². The summed E-state index contributed by atoms with van der Waals surface area (Å²) < 4.78 is 20.0. The molecule has 0 bridgehead atoms. The number of hydrogen-bond acceptors (Lipinski definition) is 2. The minimum absolute atomic E-state index is 0.167. The lowest BCUT2D eigenvalue weighted by Crippen LogP contribution is -1.92. The molecule has 0 atom stereocenters. The summed E-state index contributed by atoms with van der Waals surface area (Å²) in [5.41, 5.74) is 6.78. The smallest absolute Gasteiger partial charge is 0.167 e. The van der Waals surface area contributed by atoms with E-state index < -0.39 is 5.82 Å². The SMILES string of the molecule is Cc1ccc(Br)cc1Oc1ccc(N)cc1F. The van der Waals surface area contributed by atoms with Crippen molar-refractivity contribution in [3.63, 3.8) is 0 Å². The molecule has 0 aliphatic carbocycles. The Kier molecular flexibility index (Phi) is 3.33. The summed E-state index contributed by atoms with van der Waals surface area (Å²) in [6, 6.07) is 9.96. The number of rotatable bonds is 2. The maximum Gasteiger partial charge on any atom is 0.167 e. The molecule has 0 amide bonds. The van der Waals surface area contributed by atoms with E-state index in [0.717, 1.165) is 10.0 Å². The molecule has 0 fully saturated rings. The van der Waals surface area contributed by atoms with Gasteiger partial charge in [0.1, 0.15) is 5.75 Å². The number of halogens is 2. The van der Waals surface area contributed by atoms with Crippen LogP contribution in [-0.4, -0.2) is 0 Å². The van der Waals surface area contributed by atoms with E-state index in [9.17, 15) is 4.39 Å². The quantitative estimate of drug-likeness (QED) is 0.840. The van der Waals surface area contributed by atoms with Crippen LogP contribution in [0.4, 0.5) is 10.1 Å². The van der Waals surface area contributed by atoms with Crippen LogP contribution in [0.5, 0.6) is 11.5 Å². The molecule has 0 aliphatic rings. The first-order valence-electron chi connectivity index (χ1n) is 5.05. The predicted octanol–water partition coefficient (Wildman–Crippen LogP) is 4.27. The van der Waals surface area contributed by atoms with Crippen molar-refractivity contribution in [2.24, 2.45) is 0 Å². The summed E-state index contributed by atoms with van der Waals surface area (Å²) in [6.45, 7) is 1.90. The van der Waals surface area contributed by atoms with Gasteiger partial charge in [-0.15, -0.1) is 0 Å². The highest BCUT2D eigenvalue weighted by molar-refractivity contribution is 9.10. The van der Waals surface area contributed by atoms with Crippen LogP contribution in [0.1, 0.15) is 5.56 Å². The molecule has 88 valence electrons. The Morgan fingerprint density at radius 1 is 1.12 bits per heavy atom. The molecule has 2 rings (SSSR count). The Morgan fingerprint density at radius 2 is 1.88 bits per heavy atom. The van der Waals surface area contributed by atoms with Crippen molar-refractivity contribution in [2.45, 2.75) is 6.92 Å². The number of hydrogen-bond donors (Lipinski definition) is 1. The molecule has 0 aliphatic heterocycles. The van der Waals surface area contributed by atoms with Crippen LogP contribution in [0.2, 0.25) is 0 Å². The maximum absolute atomic E-state index is 13.6. The van der Waals surface area contributed by atoms with Gasteiger partial charge in [0.25, 0.3) is 0 Å². The zero-order valence-electron chi connectivity index (χ0n) is 9.21. The van der Waals surface area contributed by atoms with Gasteiger partial charge >= 0.3 is 0 Å². The minimum Gasteiger partial charge on any atom is -0.454 e. The van der Waals surface area contributed by atoms with Gasteiger partial charge in [-0.2, -0.15) is 0 Å². The third kappa shape index (κ3) is 2.77. The molecule has 2 N–H and O–H groups in total. The van der Waals surface area contributed by atoms with Crippen LogP contribution in [-0.2, 0) is 0 Å². The molecular weight excluding hydrogens is 285 g/mol. The third-order valence-electron chi connectivity index (χ3n) is 2.33. The first-order chi connectivity index (χ1) is 8.06. The highest BCUT2D eigenvalue weighted by Gasteiger charge is 2.07. The molecule has 2 nitrogen and oxygen atoms in total. The lowest BCUT2D eigenvalue weighted by atomic mass is 10.2. The fourth-order valence-electron chi connectivity index (χ4n) is 1.40. The standard InChI is InChI=1S/C13H11BrFNO/c1-8-2-3-9(14)6-13(8)17-12-5-4-10(16)7-11(12)15/h2-7H,16H2,1H3. The lowest BCUT2D eigenvalue weighted by molar-refractivity contribution is 0.439. The van der Waals surface area contributed by atoms with Crippen molar-refractivity contribution in [1.29, 1.82) is 0 Å². The molecule has 2 aromatic rings. The zero-order valence-corrected chi connectivity index (χ0v) is 10.8. The van der Waals surface area contributed by atoms with Gasteiger partial charge in [0, 0.05) is 16.2 Å². The summed E-state index contributed by atoms with van der Waals surface area (Å²) >= 11 is 3.35. The van der Waals surface area contributed by atoms with Gasteiger partial charge in [-0.3, -0.25) is 0 Å². The van der Waals surface area contributed by atoms with Gasteiger partial charge in [-0.05, 0) is 36.8 Å². The van der Waals surface area contributed by atoms with E-state index in [4.69, 9.17) is 10.5 Å². The number of benzene rings is 2. The fourth-order valence-corrected chi connectivity index (χ4v) is 1.74. The van der Waals surface area contributed by atoms with E-state index in [1.165, 1.54) is 12.1 Å². The molecule has 2 aromatic carbocycles. The molecule has 0 spiro atoms. The zero-order chi connectivity index (χ0) is 12.4. The highest BCUT2D eigenvalue weighted by Crippen LogP contribution is 2.30. The van der Waals surface area contributed by atoms with Crippen molar-refractivity contribution in [2.75, 3.05) is 5.73 Å². The van der Waals surface area contributed by atoms with Crippen LogP contribution in [0, 0.1) is 12.7 Å². The lowest BCUT2D eigenvalue weighted by Gasteiger charge is -2.10. The summed E-state index contributed by atoms with van der Waals surface area (Å²) in [6.07, 6.45) is 0. The molecule has 17 heavy (non-hydrogen) atoms. The van der Waals surface area contributed by atoms with Gasteiger partial charge in [0.15, 0.2) is 11.6 Å². The van der Waals surface area contributed by atoms with Crippen LogP contribution < -0.4 is 10.5 Å². The largest absolute Gasteiger partial charge is 0.454 e. The Hall–Kier alpha value is -1.55. The maximum atomic E-state index is 13.6. The Balaban J connectivity index is 2.34. The molecule has 0 aromatic heterocycles. The number of anilines is 1. The van der Waals surface area contributed by atoms with Crippen molar-refractivity contribution < 1.29 is 9.13 Å². The van der Waals surface area contributed by atoms with Crippen molar-refractivity contribution in [1.82, 2.24) is 0 Å². The molecule has 0 unspecified atom stereocenters. The molecule has 4 heteroatoms. The second-order valence-electron chi connectivity index (χ2n) is 3.70. The van der Waals surface area contributed by atoms with Crippen LogP contribution in [0.15, 0.2) is 40.9 Å². The van der Waals surface area contributed by atoms with Gasteiger partial charge in [-0.25, -0.2) is 4.39 Å². The average molecular weight is 296 g/mol. The van der Waals surface area contributed by atoms with Gasteiger partial charge in [0.05, 0.1) is 0 Å². The third-order valence-corrected chi connectivity index (χ3v) is 2.82. The number of aryl methyl sites for hydroxylation is 1. The molecule has 0 saturated heterocycles. The van der Waals surface area contributed by atoms with E-state index in [-0.39, 0.29) is 5.75 Å². The molecule has 0 heterocycles. The monoisotopic (exact) mass is 295 g/mol. The van der Waals surface area contributed by atoms with E-state index in [0.29, 0.717) is 11.4 Å². The van der Waals surface area contributed by atoms with Gasteiger partial charge in [0.2, 0.25) is 0 Å². The van der Waals surface area contributed by atoms with Crippen molar-refractivity contribution >= 4 is 21.6 Å². The average Bonchev–Trinajstić information content (AvgIpc) is 2.27. The first-order valence-corrected chi connectivity index (χ1v) is 5.84. The van der Waals surface area contributed by atoms with Crippen LogP contribution in [0.25, 0.3) is 0 Å². The van der Waals surface area contributed by atoms with Crippen molar-refractivity contribution in [3.05, 3.63) is 52.3 Å². The highest BCUT2D eigenvalue weighted by atomic mass is 79.9. The summed E-state index contributed by atoms with van der Waals surface area (Å²) in [7, 11) is 0. The molecule has 0 saturated carbocycles. The Labute approximate surface area is 107 Å².